The van der Waals surface area contributed by atoms with Crippen molar-refractivity contribution in [1.82, 2.24) is 14.6 Å². The van der Waals surface area contributed by atoms with Crippen LogP contribution in [0.5, 0.6) is 0 Å². The third-order valence-electron chi connectivity index (χ3n) is 8.24. The van der Waals surface area contributed by atoms with Crippen LogP contribution in [0.15, 0.2) is 18.5 Å². The Hall–Kier alpha value is -3.64. The summed E-state index contributed by atoms with van der Waals surface area (Å²) in [5, 5.41) is 29.1. The summed E-state index contributed by atoms with van der Waals surface area (Å²) in [6.07, 6.45) is 0.0308. The molecule has 14 heteroatoms. The summed E-state index contributed by atoms with van der Waals surface area (Å²) in [7, 11) is 0. The zero-order valence-electron chi connectivity index (χ0n) is 26.0. The Bertz CT molecular complexity index is 1420. The molecule has 0 aromatic carbocycles. The van der Waals surface area contributed by atoms with E-state index in [9.17, 15) is 24.8 Å². The van der Waals surface area contributed by atoms with Crippen LogP contribution < -0.4 is 11.1 Å². The fraction of sp³-hybridized carbons (Fsp3) is 0.667. The number of rotatable bonds is 11. The van der Waals surface area contributed by atoms with Gasteiger partial charge in [0.15, 0.2) is 11.9 Å². The highest BCUT2D eigenvalue weighted by Gasteiger charge is 2.60. The first-order chi connectivity index (χ1) is 20.6. The number of fused-ring (bicyclic) bond motifs is 1. The van der Waals surface area contributed by atoms with Gasteiger partial charge in [0.2, 0.25) is 5.60 Å². The molecule has 0 spiro atoms. The molecule has 2 aromatic rings. The van der Waals surface area contributed by atoms with Gasteiger partial charge in [-0.25, -0.2) is 9.50 Å². The van der Waals surface area contributed by atoms with E-state index in [2.05, 4.69) is 15.4 Å². The smallest absolute Gasteiger partial charge is 0.323 e. The molecule has 1 saturated heterocycles. The van der Waals surface area contributed by atoms with Gasteiger partial charge in [-0.1, -0.05) is 27.2 Å². The van der Waals surface area contributed by atoms with Crippen LogP contribution >= 0.6 is 0 Å². The number of nitrogens with one attached hydrogen (secondary N) is 1. The van der Waals surface area contributed by atoms with Crippen molar-refractivity contribution in [2.75, 3.05) is 18.5 Å². The summed E-state index contributed by atoms with van der Waals surface area (Å²) < 4.78 is 24.1. The van der Waals surface area contributed by atoms with E-state index >= 15 is 0 Å². The van der Waals surface area contributed by atoms with Gasteiger partial charge in [0.05, 0.1) is 5.69 Å². The number of esters is 2. The van der Waals surface area contributed by atoms with Crippen LogP contribution in [0, 0.1) is 22.7 Å². The zero-order valence-corrected chi connectivity index (χ0v) is 26.0. The van der Waals surface area contributed by atoms with Gasteiger partial charge in [0, 0.05) is 13.0 Å². The van der Waals surface area contributed by atoms with Gasteiger partial charge in [0.1, 0.15) is 48.4 Å². The largest absolute Gasteiger partial charge is 0.463 e. The Morgan fingerprint density at radius 2 is 1.98 bits per heavy atom. The van der Waals surface area contributed by atoms with E-state index in [4.69, 9.17) is 24.7 Å². The van der Waals surface area contributed by atoms with E-state index in [1.165, 1.54) is 16.9 Å². The van der Waals surface area contributed by atoms with Crippen molar-refractivity contribution in [3.8, 4) is 6.07 Å². The quantitative estimate of drug-likeness (QED) is 0.311. The highest BCUT2D eigenvalue weighted by atomic mass is 16.6. The fourth-order valence-electron chi connectivity index (χ4n) is 5.16. The summed E-state index contributed by atoms with van der Waals surface area (Å²) in [6, 6.07) is 4.02. The second-order valence-electron chi connectivity index (χ2n) is 12.9. The first-order valence-electron chi connectivity index (χ1n) is 14.8. The third-order valence-corrected chi connectivity index (χ3v) is 8.24. The number of amides is 1. The Morgan fingerprint density at radius 3 is 2.57 bits per heavy atom. The zero-order chi connectivity index (χ0) is 32.4. The van der Waals surface area contributed by atoms with Gasteiger partial charge < -0.3 is 35.1 Å². The lowest BCUT2D eigenvalue weighted by molar-refractivity contribution is -0.163. The molecule has 1 aliphatic carbocycles. The molecule has 0 bridgehead atoms. The highest BCUT2D eigenvalue weighted by molar-refractivity contribution is 5.98. The number of nitriles is 1. The number of carbonyl (C=O) groups is 3. The van der Waals surface area contributed by atoms with Crippen LogP contribution in [-0.4, -0.2) is 80.7 Å². The van der Waals surface area contributed by atoms with Gasteiger partial charge in [0.25, 0.3) is 5.91 Å². The van der Waals surface area contributed by atoms with Crippen LogP contribution in [-0.2, 0) is 38.9 Å². The molecule has 3 heterocycles. The normalized spacial score (nSPS) is 24.8. The van der Waals surface area contributed by atoms with Gasteiger partial charge in [-0.05, 0) is 57.1 Å². The molecule has 5 atom stereocenters. The molecule has 1 amide bonds. The molecule has 44 heavy (non-hydrogen) atoms. The minimum atomic E-state index is -2.12. The van der Waals surface area contributed by atoms with Crippen LogP contribution in [0.2, 0.25) is 0 Å². The standard InChI is InChI=1S/C30H42N6O8/c1-7-42-29(5,6)27(40)35-25-18-11-12-20(36(18)34-16-33-25)30(15-31)24(38)22(43-26(39)23(32)28(2,3)4)19(44-30)14-41-21(37)13-17-9-8-10-17/h11-12,16-17,19,22-24,38H,7-10,13-14,32H2,1-6H3,(H,33,34,35,40)/t19-,22-,23+,24-,30+/m1/s1. The van der Waals surface area contributed by atoms with E-state index in [0.717, 1.165) is 19.3 Å². The van der Waals surface area contributed by atoms with Crippen molar-refractivity contribution >= 4 is 29.2 Å². The Balaban J connectivity index is 1.66. The average molecular weight is 615 g/mol. The van der Waals surface area contributed by atoms with Crippen molar-refractivity contribution in [3.05, 3.63) is 24.2 Å². The molecular weight excluding hydrogens is 572 g/mol. The van der Waals surface area contributed by atoms with Gasteiger partial charge in [-0.15, -0.1) is 0 Å². The topological polar surface area (TPSA) is 200 Å². The van der Waals surface area contributed by atoms with Crippen molar-refractivity contribution in [1.29, 1.82) is 5.26 Å². The summed E-state index contributed by atoms with van der Waals surface area (Å²) >= 11 is 0. The molecule has 2 aliphatic rings. The minimum Gasteiger partial charge on any atom is -0.463 e. The number of aliphatic hydroxyl groups is 1. The molecule has 14 nitrogen and oxygen atoms in total. The van der Waals surface area contributed by atoms with Crippen LogP contribution in [0.3, 0.4) is 0 Å². The van der Waals surface area contributed by atoms with Crippen LogP contribution in [0.1, 0.15) is 72.9 Å². The van der Waals surface area contributed by atoms with Crippen molar-refractivity contribution in [3.63, 3.8) is 0 Å². The lowest BCUT2D eigenvalue weighted by Gasteiger charge is -2.29. The molecule has 4 rings (SSSR count). The number of hydrogen-bond acceptors (Lipinski definition) is 12. The Morgan fingerprint density at radius 1 is 1.27 bits per heavy atom. The minimum absolute atomic E-state index is 0.0777. The van der Waals surface area contributed by atoms with Crippen LogP contribution in [0.4, 0.5) is 5.82 Å². The molecule has 0 unspecified atom stereocenters. The molecule has 2 aromatic heterocycles. The summed E-state index contributed by atoms with van der Waals surface area (Å²) in [6.45, 7) is 10.2. The lowest BCUT2D eigenvalue weighted by Crippen LogP contribution is -2.49. The highest BCUT2D eigenvalue weighted by Crippen LogP contribution is 2.42. The molecule has 4 N–H and O–H groups in total. The maximum atomic E-state index is 13.1. The average Bonchev–Trinajstić information content (AvgIpc) is 3.49. The Labute approximate surface area is 256 Å². The van der Waals surface area contributed by atoms with Crippen LogP contribution in [0.25, 0.3) is 5.52 Å². The molecular formula is C30H42N6O8. The van der Waals surface area contributed by atoms with Gasteiger partial charge >= 0.3 is 11.9 Å². The van der Waals surface area contributed by atoms with E-state index in [1.807, 2.05) is 6.07 Å². The van der Waals surface area contributed by atoms with Crippen molar-refractivity contribution in [2.24, 2.45) is 17.1 Å². The number of carbonyl (C=O) groups excluding carboxylic acids is 3. The first kappa shape index (κ1) is 33.3. The number of aliphatic hydroxyl groups excluding tert-OH is 1. The molecule has 1 saturated carbocycles. The van der Waals surface area contributed by atoms with E-state index in [0.29, 0.717) is 12.1 Å². The molecule has 2 fully saturated rings. The first-order valence-corrected chi connectivity index (χ1v) is 14.8. The van der Waals surface area contributed by atoms with Crippen molar-refractivity contribution in [2.45, 2.75) is 103 Å². The van der Waals surface area contributed by atoms with E-state index in [-0.39, 0.29) is 30.5 Å². The fourth-order valence-corrected chi connectivity index (χ4v) is 5.16. The van der Waals surface area contributed by atoms with E-state index in [1.54, 1.807) is 47.6 Å². The second-order valence-corrected chi connectivity index (χ2v) is 12.9. The van der Waals surface area contributed by atoms with E-state index < -0.39 is 58.8 Å². The molecule has 240 valence electrons. The summed E-state index contributed by atoms with van der Waals surface area (Å²) in [5.74, 6) is -1.33. The SMILES string of the molecule is CCOC(C)(C)C(=O)Nc1ncnn2c([C@]3(C#N)O[C@H](COC(=O)CC4CCC4)[C@@H](OC(=O)[C@H](N)C(C)(C)C)[C@H]3O)ccc12. The van der Waals surface area contributed by atoms with Gasteiger partial charge in [-0.2, -0.15) is 10.4 Å². The number of anilines is 1. The number of aromatic nitrogens is 3. The number of hydrogen-bond donors (Lipinski definition) is 3. The number of nitrogens with two attached hydrogens (primary N) is 1. The lowest BCUT2D eigenvalue weighted by atomic mass is 9.83. The maximum absolute atomic E-state index is 13.1. The van der Waals surface area contributed by atoms with Gasteiger partial charge in [-0.3, -0.25) is 14.4 Å². The maximum Gasteiger partial charge on any atom is 0.323 e. The predicted molar refractivity (Wildman–Crippen MR) is 156 cm³/mol. The molecule has 0 radical (unpaired) electrons. The summed E-state index contributed by atoms with van der Waals surface area (Å²) in [4.78, 5) is 42.7. The number of ether oxygens (including phenoxy) is 4. The monoisotopic (exact) mass is 614 g/mol. The predicted octanol–water partition coefficient (Wildman–Crippen LogP) is 1.98. The second kappa shape index (κ2) is 12.8. The summed E-state index contributed by atoms with van der Waals surface area (Å²) in [5.41, 5.74) is 2.57. The molecule has 1 aliphatic heterocycles. The van der Waals surface area contributed by atoms with Crippen molar-refractivity contribution < 1.29 is 38.4 Å². The Kier molecular flexibility index (Phi) is 9.65. The number of nitrogens with zero attached hydrogens (tertiary/aromatic N) is 4. The third kappa shape index (κ3) is 6.56.